The molecule has 0 aliphatic carbocycles. The van der Waals surface area contributed by atoms with Crippen molar-refractivity contribution < 1.29 is 23.1 Å². The van der Waals surface area contributed by atoms with E-state index in [9.17, 15) is 8.78 Å². The number of nitrogens with zero attached hydrogens (tertiary/aromatic N) is 1. The number of benzene rings is 3. The Labute approximate surface area is 161 Å². The van der Waals surface area contributed by atoms with E-state index >= 15 is 0 Å². The summed E-state index contributed by atoms with van der Waals surface area (Å²) in [4.78, 5) is 5.26. The fraction of sp³-hybridized carbons (Fsp3) is 0.136. The Morgan fingerprint density at radius 1 is 1.04 bits per heavy atom. The van der Waals surface area contributed by atoms with E-state index < -0.39 is 17.9 Å². The molecular weight excluding hydrogens is 364 g/mol. The van der Waals surface area contributed by atoms with E-state index in [4.69, 9.17) is 14.3 Å². The molecule has 0 N–H and O–H groups in total. The van der Waals surface area contributed by atoms with Crippen LogP contribution in [0.15, 0.2) is 71.9 Å². The number of fused-ring (bicyclic) bond motifs is 1. The summed E-state index contributed by atoms with van der Waals surface area (Å²) in [6, 6.07) is 18.4. The van der Waals surface area contributed by atoms with E-state index in [0.29, 0.717) is 22.4 Å². The molecule has 0 aromatic heterocycles. The van der Waals surface area contributed by atoms with E-state index in [-0.39, 0.29) is 13.2 Å². The lowest BCUT2D eigenvalue weighted by Gasteiger charge is -2.28. The molecule has 1 atom stereocenters. The van der Waals surface area contributed by atoms with Gasteiger partial charge in [-0.25, -0.2) is 8.78 Å². The highest BCUT2D eigenvalue weighted by atomic mass is 19.1. The monoisotopic (exact) mass is 381 g/mol. The maximum Gasteiger partial charge on any atom is 0.227 e. The molecule has 1 aliphatic rings. The lowest BCUT2D eigenvalue weighted by Crippen LogP contribution is -2.19. The first kappa shape index (κ1) is 18.1. The van der Waals surface area contributed by atoms with Crippen molar-refractivity contribution in [2.24, 2.45) is 5.16 Å². The third kappa shape index (κ3) is 4.02. The van der Waals surface area contributed by atoms with Crippen molar-refractivity contribution in [3.63, 3.8) is 0 Å². The summed E-state index contributed by atoms with van der Waals surface area (Å²) in [6.07, 6.45) is 0.692. The first-order valence-electron chi connectivity index (χ1n) is 8.75. The van der Waals surface area contributed by atoms with Crippen molar-refractivity contribution in [3.8, 4) is 5.75 Å². The van der Waals surface area contributed by atoms with Crippen molar-refractivity contribution in [1.82, 2.24) is 0 Å². The van der Waals surface area contributed by atoms with Crippen molar-refractivity contribution in [2.45, 2.75) is 19.5 Å². The summed E-state index contributed by atoms with van der Waals surface area (Å²) >= 11 is 0. The van der Waals surface area contributed by atoms with Crippen molar-refractivity contribution >= 4 is 6.21 Å². The molecule has 0 radical (unpaired) electrons. The SMILES string of the molecule is Fc1cc(CO/N=C\c2ccccc2F)c2c(c1)CO[C@@H](c1ccccc1)O2. The van der Waals surface area contributed by atoms with Crippen LogP contribution >= 0.6 is 0 Å². The quantitative estimate of drug-likeness (QED) is 0.455. The molecule has 0 unspecified atom stereocenters. The number of hydrogen-bond acceptors (Lipinski definition) is 4. The lowest BCUT2D eigenvalue weighted by atomic mass is 10.1. The summed E-state index contributed by atoms with van der Waals surface area (Å²) in [5.74, 6) is -0.299. The predicted molar refractivity (Wildman–Crippen MR) is 99.8 cm³/mol. The van der Waals surface area contributed by atoms with Crippen LogP contribution in [0.1, 0.15) is 28.5 Å². The number of hydrogen-bond donors (Lipinski definition) is 0. The Morgan fingerprint density at radius 3 is 2.64 bits per heavy atom. The Morgan fingerprint density at radius 2 is 1.82 bits per heavy atom. The van der Waals surface area contributed by atoms with Crippen LogP contribution in [0.5, 0.6) is 5.75 Å². The average molecular weight is 381 g/mol. The minimum absolute atomic E-state index is 0.0213. The van der Waals surface area contributed by atoms with Gasteiger partial charge >= 0.3 is 0 Å². The molecule has 0 amide bonds. The summed E-state index contributed by atoms with van der Waals surface area (Å²) in [5.41, 5.74) is 2.27. The zero-order valence-corrected chi connectivity index (χ0v) is 14.8. The van der Waals surface area contributed by atoms with E-state index in [2.05, 4.69) is 5.16 Å². The van der Waals surface area contributed by atoms with Crippen LogP contribution in [0.25, 0.3) is 0 Å². The summed E-state index contributed by atoms with van der Waals surface area (Å²) in [5, 5.41) is 3.78. The molecule has 6 heteroatoms. The molecule has 0 fully saturated rings. The van der Waals surface area contributed by atoms with E-state index in [1.807, 2.05) is 30.3 Å². The highest BCUT2D eigenvalue weighted by Crippen LogP contribution is 2.36. The molecule has 4 rings (SSSR count). The van der Waals surface area contributed by atoms with Crippen molar-refractivity contribution in [2.75, 3.05) is 0 Å². The maximum atomic E-state index is 13.9. The van der Waals surface area contributed by atoms with Gasteiger partial charge in [0.05, 0.1) is 12.8 Å². The van der Waals surface area contributed by atoms with E-state index in [0.717, 1.165) is 5.56 Å². The summed E-state index contributed by atoms with van der Waals surface area (Å²) in [7, 11) is 0. The number of halogens is 2. The van der Waals surface area contributed by atoms with Gasteiger partial charge in [0.1, 0.15) is 24.0 Å². The smallest absolute Gasteiger partial charge is 0.227 e. The molecule has 0 spiro atoms. The number of rotatable bonds is 5. The fourth-order valence-electron chi connectivity index (χ4n) is 2.94. The van der Waals surface area contributed by atoms with Gasteiger partial charge in [0.25, 0.3) is 0 Å². The molecule has 28 heavy (non-hydrogen) atoms. The molecular formula is C22H17F2NO3. The number of ether oxygens (including phenoxy) is 2. The molecule has 1 aliphatic heterocycles. The van der Waals surface area contributed by atoms with Crippen LogP contribution in [0.3, 0.4) is 0 Å². The normalized spacial score (nSPS) is 15.9. The maximum absolute atomic E-state index is 13.9. The predicted octanol–water partition coefficient (Wildman–Crippen LogP) is 5.12. The van der Waals surface area contributed by atoms with Crippen molar-refractivity contribution in [1.29, 1.82) is 0 Å². The van der Waals surface area contributed by atoms with Gasteiger partial charge in [0, 0.05) is 22.3 Å². The van der Waals surface area contributed by atoms with Crippen LogP contribution < -0.4 is 4.74 Å². The molecule has 4 nitrogen and oxygen atoms in total. The Kier molecular flexibility index (Phi) is 5.30. The first-order chi connectivity index (χ1) is 13.7. The van der Waals surface area contributed by atoms with Gasteiger partial charge in [0.15, 0.2) is 0 Å². The third-order valence-electron chi connectivity index (χ3n) is 4.29. The largest absolute Gasteiger partial charge is 0.460 e. The standard InChI is InChI=1S/C22H17F2NO3/c23-19-10-17-13-26-22(15-6-2-1-3-7-15)28-21(17)18(11-19)14-27-25-12-16-8-4-5-9-20(16)24/h1-12,22H,13-14H2/b25-12-/t22-/m1/s1. The molecule has 3 aromatic carbocycles. The van der Waals surface area contributed by atoms with Crippen LogP contribution in [0.2, 0.25) is 0 Å². The summed E-state index contributed by atoms with van der Waals surface area (Å²) < 4.78 is 39.2. The number of oxime groups is 1. The Bertz CT molecular complexity index is 992. The Balaban J connectivity index is 1.50. The van der Waals surface area contributed by atoms with Crippen LogP contribution in [0, 0.1) is 11.6 Å². The zero-order valence-electron chi connectivity index (χ0n) is 14.8. The molecule has 0 bridgehead atoms. The Hall–Kier alpha value is -3.25. The van der Waals surface area contributed by atoms with Gasteiger partial charge in [-0.05, 0) is 18.2 Å². The second kappa shape index (κ2) is 8.19. The van der Waals surface area contributed by atoms with E-state index in [1.54, 1.807) is 18.2 Å². The third-order valence-corrected chi connectivity index (χ3v) is 4.29. The first-order valence-corrected chi connectivity index (χ1v) is 8.75. The molecule has 3 aromatic rings. The van der Waals surface area contributed by atoms with Gasteiger partial charge in [-0.2, -0.15) is 0 Å². The average Bonchev–Trinajstić information content (AvgIpc) is 2.72. The molecule has 0 saturated carbocycles. The molecule has 1 heterocycles. The second-order valence-corrected chi connectivity index (χ2v) is 6.25. The van der Waals surface area contributed by atoms with Crippen LogP contribution in [-0.2, 0) is 22.8 Å². The fourth-order valence-corrected chi connectivity index (χ4v) is 2.94. The van der Waals surface area contributed by atoms with E-state index in [1.165, 1.54) is 24.4 Å². The van der Waals surface area contributed by atoms with Gasteiger partial charge in [-0.3, -0.25) is 0 Å². The highest BCUT2D eigenvalue weighted by Gasteiger charge is 2.25. The summed E-state index contributed by atoms with van der Waals surface area (Å²) in [6.45, 7) is 0.199. The van der Waals surface area contributed by atoms with Gasteiger partial charge in [-0.1, -0.05) is 53.7 Å². The second-order valence-electron chi connectivity index (χ2n) is 6.25. The topological polar surface area (TPSA) is 40.0 Å². The minimum atomic E-state index is -0.583. The lowest BCUT2D eigenvalue weighted by molar-refractivity contribution is -0.112. The minimum Gasteiger partial charge on any atom is -0.460 e. The van der Waals surface area contributed by atoms with Crippen LogP contribution in [0.4, 0.5) is 8.78 Å². The highest BCUT2D eigenvalue weighted by molar-refractivity contribution is 5.79. The van der Waals surface area contributed by atoms with Crippen molar-refractivity contribution in [3.05, 3.63) is 101 Å². The molecule has 142 valence electrons. The van der Waals surface area contributed by atoms with Gasteiger partial charge in [-0.15, -0.1) is 0 Å². The zero-order chi connectivity index (χ0) is 19.3. The van der Waals surface area contributed by atoms with Gasteiger partial charge < -0.3 is 14.3 Å². The van der Waals surface area contributed by atoms with Gasteiger partial charge in [0.2, 0.25) is 6.29 Å². The van der Waals surface area contributed by atoms with Crippen LogP contribution in [-0.4, -0.2) is 6.21 Å². The molecule has 0 saturated heterocycles.